The lowest BCUT2D eigenvalue weighted by molar-refractivity contribution is -0.143. The fraction of sp³-hybridized carbons (Fsp3) is 0.529. The van der Waals surface area contributed by atoms with Crippen LogP contribution in [0.5, 0.6) is 5.75 Å². The van der Waals surface area contributed by atoms with E-state index in [9.17, 15) is 14.7 Å². The Morgan fingerprint density at radius 2 is 2.08 bits per heavy atom. The maximum Gasteiger partial charge on any atom is 0.411 e. The summed E-state index contributed by atoms with van der Waals surface area (Å²) in [5.74, 6) is -0.300. The van der Waals surface area contributed by atoms with Crippen molar-refractivity contribution in [1.29, 1.82) is 0 Å². The zero-order valence-corrected chi connectivity index (χ0v) is 14.1. The van der Waals surface area contributed by atoms with Crippen molar-refractivity contribution in [2.24, 2.45) is 0 Å². The van der Waals surface area contributed by atoms with E-state index in [4.69, 9.17) is 9.47 Å². The lowest BCUT2D eigenvalue weighted by atomic mass is 9.93. The van der Waals surface area contributed by atoms with Crippen LogP contribution in [0.25, 0.3) is 0 Å². The Morgan fingerprint density at radius 1 is 1.33 bits per heavy atom. The molecule has 0 fully saturated rings. The summed E-state index contributed by atoms with van der Waals surface area (Å²) >= 11 is 0. The smallest absolute Gasteiger partial charge is 0.411 e. The first-order chi connectivity index (χ1) is 11.2. The third kappa shape index (κ3) is 3.25. The third-order valence-corrected chi connectivity index (χ3v) is 4.02. The van der Waals surface area contributed by atoms with Crippen LogP contribution in [0.3, 0.4) is 0 Å². The molecule has 0 aromatic heterocycles. The second-order valence-electron chi connectivity index (χ2n) is 7.06. The third-order valence-electron chi connectivity index (χ3n) is 4.02. The van der Waals surface area contributed by atoms with Crippen molar-refractivity contribution in [3.63, 3.8) is 0 Å². The van der Waals surface area contributed by atoms with Crippen molar-refractivity contribution in [3.05, 3.63) is 23.3 Å². The first kappa shape index (κ1) is 16.4. The van der Waals surface area contributed by atoms with Gasteiger partial charge in [-0.1, -0.05) is 0 Å². The monoisotopic (exact) mass is 334 g/mol. The van der Waals surface area contributed by atoms with E-state index in [0.29, 0.717) is 6.61 Å². The minimum atomic E-state index is -1.03. The lowest BCUT2D eigenvalue weighted by Gasteiger charge is -2.36. The maximum absolute atomic E-state index is 12.4. The van der Waals surface area contributed by atoms with E-state index in [1.165, 1.54) is 4.90 Å². The number of carboxylic acids is 1. The van der Waals surface area contributed by atoms with Gasteiger partial charge < -0.3 is 19.9 Å². The molecule has 7 heteroatoms. The Hall–Kier alpha value is -2.44. The minimum absolute atomic E-state index is 0.192. The van der Waals surface area contributed by atoms with Crippen molar-refractivity contribution >= 4 is 17.7 Å². The van der Waals surface area contributed by atoms with Crippen LogP contribution in [0.15, 0.2) is 12.1 Å². The predicted octanol–water partition coefficient (Wildman–Crippen LogP) is 2.24. The fourth-order valence-corrected chi connectivity index (χ4v) is 2.95. The number of fused-ring (bicyclic) bond motifs is 2. The molecule has 2 heterocycles. The molecular weight excluding hydrogens is 312 g/mol. The average Bonchev–Trinajstić information content (AvgIpc) is 2.49. The van der Waals surface area contributed by atoms with Crippen LogP contribution in [0, 0.1) is 0 Å². The highest BCUT2D eigenvalue weighted by Gasteiger charge is 2.37. The zero-order valence-electron chi connectivity index (χ0n) is 14.1. The summed E-state index contributed by atoms with van der Waals surface area (Å²) in [7, 11) is 0. The molecule has 130 valence electrons. The Balaban J connectivity index is 1.92. The molecule has 2 N–H and O–H groups in total. The number of anilines is 1. The van der Waals surface area contributed by atoms with Crippen LogP contribution >= 0.6 is 0 Å². The number of carbonyl (C=O) groups is 2. The van der Waals surface area contributed by atoms with Gasteiger partial charge in [-0.15, -0.1) is 0 Å². The molecule has 24 heavy (non-hydrogen) atoms. The molecule has 2 aliphatic heterocycles. The number of rotatable bonds is 1. The van der Waals surface area contributed by atoms with Gasteiger partial charge in [-0.25, -0.2) is 9.59 Å². The van der Waals surface area contributed by atoms with Gasteiger partial charge in [0.1, 0.15) is 24.0 Å². The molecule has 0 spiro atoms. The zero-order chi connectivity index (χ0) is 17.5. The maximum atomic E-state index is 12.4. The second-order valence-corrected chi connectivity index (χ2v) is 7.06. The molecule has 7 nitrogen and oxygen atoms in total. The number of carbonyl (C=O) groups excluding carboxylic acids is 1. The Labute approximate surface area is 140 Å². The molecule has 1 amide bonds. The average molecular weight is 334 g/mol. The highest BCUT2D eigenvalue weighted by Crippen LogP contribution is 2.35. The normalized spacial score (nSPS) is 19.5. The highest BCUT2D eigenvalue weighted by molar-refractivity contribution is 5.81. The minimum Gasteiger partial charge on any atom is -0.490 e. The lowest BCUT2D eigenvalue weighted by Crippen LogP contribution is -2.50. The molecule has 1 unspecified atom stereocenters. The van der Waals surface area contributed by atoms with E-state index in [-0.39, 0.29) is 13.0 Å². The van der Waals surface area contributed by atoms with Gasteiger partial charge in [-0.3, -0.25) is 4.90 Å². The SMILES string of the molecule is CC(C)(C)OC(=O)N1Cc2cc3c(cc2CC1C(=O)O)NCCO3. The van der Waals surface area contributed by atoms with Gasteiger partial charge in [0.2, 0.25) is 0 Å². The van der Waals surface area contributed by atoms with Gasteiger partial charge in [-0.2, -0.15) is 0 Å². The molecule has 1 aromatic rings. The first-order valence-corrected chi connectivity index (χ1v) is 7.99. The number of benzene rings is 1. The number of nitrogens with one attached hydrogen (secondary N) is 1. The van der Waals surface area contributed by atoms with Crippen LogP contribution in [0.4, 0.5) is 10.5 Å². The Morgan fingerprint density at radius 3 is 2.75 bits per heavy atom. The summed E-state index contributed by atoms with van der Waals surface area (Å²) in [5.41, 5.74) is 2.00. The van der Waals surface area contributed by atoms with E-state index in [0.717, 1.165) is 29.1 Å². The van der Waals surface area contributed by atoms with Gasteiger partial charge in [-0.05, 0) is 44.0 Å². The number of ether oxygens (including phenoxy) is 2. The molecule has 1 aromatic carbocycles. The summed E-state index contributed by atoms with van der Waals surface area (Å²) in [6, 6.07) is 2.87. The fourth-order valence-electron chi connectivity index (χ4n) is 2.95. The van der Waals surface area contributed by atoms with E-state index >= 15 is 0 Å². The summed E-state index contributed by atoms with van der Waals surface area (Å²) in [4.78, 5) is 25.3. The van der Waals surface area contributed by atoms with Gasteiger partial charge >= 0.3 is 12.1 Å². The topological polar surface area (TPSA) is 88.1 Å². The van der Waals surface area contributed by atoms with Crippen molar-refractivity contribution in [2.45, 2.75) is 45.4 Å². The number of carboxylic acid groups (broad SMARTS) is 1. The van der Waals surface area contributed by atoms with Gasteiger partial charge in [0.15, 0.2) is 0 Å². The number of nitrogens with zero attached hydrogens (tertiary/aromatic N) is 1. The molecule has 0 bridgehead atoms. The van der Waals surface area contributed by atoms with Crippen molar-refractivity contribution < 1.29 is 24.2 Å². The Kier molecular flexibility index (Phi) is 4.03. The molecule has 1 atom stereocenters. The summed E-state index contributed by atoms with van der Waals surface area (Å²) in [6.07, 6.45) is -0.365. The van der Waals surface area contributed by atoms with Crippen LogP contribution in [0.1, 0.15) is 31.9 Å². The first-order valence-electron chi connectivity index (χ1n) is 7.99. The van der Waals surface area contributed by atoms with E-state index < -0.39 is 23.7 Å². The number of hydrogen-bond donors (Lipinski definition) is 2. The van der Waals surface area contributed by atoms with Gasteiger partial charge in [0.05, 0.1) is 12.2 Å². The molecule has 0 saturated heterocycles. The number of hydrogen-bond acceptors (Lipinski definition) is 5. The molecular formula is C17H22N2O5. The van der Waals surface area contributed by atoms with E-state index in [2.05, 4.69) is 5.32 Å². The van der Waals surface area contributed by atoms with Crippen molar-refractivity contribution in [3.8, 4) is 5.75 Å². The second kappa shape index (κ2) is 5.89. The summed E-state index contributed by atoms with van der Waals surface area (Å²) in [5, 5.41) is 12.8. The number of aliphatic carboxylic acids is 1. The summed E-state index contributed by atoms with van der Waals surface area (Å²) < 4.78 is 11.0. The number of amides is 1. The quantitative estimate of drug-likeness (QED) is 0.819. The Bertz CT molecular complexity index is 680. The van der Waals surface area contributed by atoms with Gasteiger partial charge in [0.25, 0.3) is 0 Å². The molecule has 3 rings (SSSR count). The molecule has 0 aliphatic carbocycles. The molecule has 2 aliphatic rings. The van der Waals surface area contributed by atoms with Crippen molar-refractivity contribution in [1.82, 2.24) is 4.90 Å². The van der Waals surface area contributed by atoms with Crippen molar-refractivity contribution in [2.75, 3.05) is 18.5 Å². The predicted molar refractivity (Wildman–Crippen MR) is 87.3 cm³/mol. The standard InChI is InChI=1S/C17H22N2O5/c1-17(2,3)24-16(22)19-9-11-8-14-12(18-4-5-23-14)6-10(11)7-13(19)15(20)21/h6,8,13,18H,4-5,7,9H2,1-3H3,(H,20,21). The van der Waals surface area contributed by atoms with Crippen LogP contribution in [0.2, 0.25) is 0 Å². The molecule has 0 radical (unpaired) electrons. The highest BCUT2D eigenvalue weighted by atomic mass is 16.6. The van der Waals surface area contributed by atoms with Crippen LogP contribution < -0.4 is 10.1 Å². The van der Waals surface area contributed by atoms with E-state index in [1.54, 1.807) is 20.8 Å². The van der Waals surface area contributed by atoms with Crippen LogP contribution in [-0.4, -0.2) is 46.9 Å². The van der Waals surface area contributed by atoms with E-state index in [1.807, 2.05) is 12.1 Å². The largest absolute Gasteiger partial charge is 0.490 e. The summed E-state index contributed by atoms with van der Waals surface area (Å²) in [6.45, 7) is 6.77. The van der Waals surface area contributed by atoms with Crippen LogP contribution in [-0.2, 0) is 22.5 Å². The molecule has 0 saturated carbocycles. The van der Waals surface area contributed by atoms with Gasteiger partial charge in [0, 0.05) is 13.0 Å².